The van der Waals surface area contributed by atoms with E-state index >= 15 is 0 Å². The highest BCUT2D eigenvalue weighted by Gasteiger charge is 2.30. The van der Waals surface area contributed by atoms with E-state index in [0.717, 1.165) is 19.1 Å². The Bertz CT molecular complexity index is 1040. The van der Waals surface area contributed by atoms with E-state index in [1.54, 1.807) is 0 Å². The van der Waals surface area contributed by atoms with E-state index in [2.05, 4.69) is 10.4 Å². The molecule has 1 aromatic carbocycles. The van der Waals surface area contributed by atoms with Crippen molar-refractivity contribution in [3.05, 3.63) is 77.5 Å². The van der Waals surface area contributed by atoms with Crippen molar-refractivity contribution in [2.45, 2.75) is 25.6 Å². The summed E-state index contributed by atoms with van der Waals surface area (Å²) in [6, 6.07) is 6.96. The van der Waals surface area contributed by atoms with Gasteiger partial charge in [0.1, 0.15) is 5.76 Å². The molecule has 1 N–H and O–H groups in total. The summed E-state index contributed by atoms with van der Waals surface area (Å²) in [4.78, 5) is 12.0. The lowest BCUT2D eigenvalue weighted by Gasteiger charge is -2.05. The Balaban J connectivity index is 1.57. The lowest BCUT2D eigenvalue weighted by Crippen LogP contribution is -2.07. The summed E-state index contributed by atoms with van der Waals surface area (Å²) < 4.78 is 70.5. The third-order valence-electron chi connectivity index (χ3n) is 3.98. The van der Waals surface area contributed by atoms with Gasteiger partial charge in [-0.3, -0.25) is 9.48 Å². The van der Waals surface area contributed by atoms with Crippen molar-refractivity contribution in [1.29, 1.82) is 0 Å². The number of anilines is 1. The average molecular weight is 425 g/mol. The van der Waals surface area contributed by atoms with Gasteiger partial charge in [-0.2, -0.15) is 27.1 Å². The van der Waals surface area contributed by atoms with Crippen LogP contribution in [0.2, 0.25) is 0 Å². The van der Waals surface area contributed by atoms with Gasteiger partial charge in [0.05, 0.1) is 24.0 Å². The van der Waals surface area contributed by atoms with E-state index in [1.807, 2.05) is 0 Å². The second-order valence-electron chi connectivity index (χ2n) is 6.52. The summed E-state index contributed by atoms with van der Waals surface area (Å²) >= 11 is 0. The predicted molar refractivity (Wildman–Crippen MR) is 98.7 cm³/mol. The summed E-state index contributed by atoms with van der Waals surface area (Å²) in [6.07, 6.45) is 0.962. The summed E-state index contributed by atoms with van der Waals surface area (Å²) in [5.74, 6) is -3.78. The van der Waals surface area contributed by atoms with Gasteiger partial charge in [-0.05, 0) is 35.9 Å². The molecular formula is C20H16F5N3O2. The summed E-state index contributed by atoms with van der Waals surface area (Å²) in [6.45, 7) is 0.822. The number of nitrogens with one attached hydrogen (secondary N) is 1. The molecule has 0 radical (unpaired) electrons. The fourth-order valence-electron chi connectivity index (χ4n) is 2.51. The molecule has 0 saturated carbocycles. The van der Waals surface area contributed by atoms with Crippen molar-refractivity contribution in [3.63, 3.8) is 0 Å². The smallest absolute Gasteiger partial charge is 0.416 e. The third kappa shape index (κ3) is 5.56. The maximum absolute atomic E-state index is 13.2. The first-order chi connectivity index (χ1) is 14.0. The largest absolute Gasteiger partial charge is 0.458 e. The first kappa shape index (κ1) is 21.3. The van der Waals surface area contributed by atoms with E-state index in [-0.39, 0.29) is 12.3 Å². The molecule has 0 aliphatic heterocycles. The van der Waals surface area contributed by atoms with Gasteiger partial charge in [0.2, 0.25) is 5.91 Å². The van der Waals surface area contributed by atoms with E-state index in [9.17, 15) is 26.7 Å². The Kier molecular flexibility index (Phi) is 5.77. The quantitative estimate of drug-likeness (QED) is 0.430. The minimum Gasteiger partial charge on any atom is -0.458 e. The number of furan rings is 1. The van der Waals surface area contributed by atoms with Gasteiger partial charge in [0.25, 0.3) is 0 Å². The van der Waals surface area contributed by atoms with Crippen molar-refractivity contribution in [2.24, 2.45) is 0 Å². The highest BCUT2D eigenvalue weighted by Crippen LogP contribution is 2.29. The topological polar surface area (TPSA) is 60.1 Å². The van der Waals surface area contributed by atoms with Gasteiger partial charge < -0.3 is 9.73 Å². The number of nitrogens with zero attached hydrogens (tertiary/aromatic N) is 2. The molecule has 30 heavy (non-hydrogen) atoms. The number of rotatable bonds is 6. The monoisotopic (exact) mass is 425 g/mol. The first-order valence-electron chi connectivity index (χ1n) is 8.66. The lowest BCUT2D eigenvalue weighted by molar-refractivity contribution is -0.137. The van der Waals surface area contributed by atoms with Gasteiger partial charge in [0.15, 0.2) is 5.76 Å². The maximum Gasteiger partial charge on any atom is 0.416 e. The molecule has 158 valence electrons. The zero-order valence-electron chi connectivity index (χ0n) is 15.6. The zero-order valence-corrected chi connectivity index (χ0v) is 15.6. The highest BCUT2D eigenvalue weighted by molar-refractivity contribution is 6.01. The van der Waals surface area contributed by atoms with Crippen molar-refractivity contribution in [3.8, 4) is 0 Å². The number of carbonyl (C=O) groups excluding carboxylic acids is 1. The predicted octanol–water partition coefficient (Wildman–Crippen LogP) is 5.31. The maximum atomic E-state index is 13.2. The third-order valence-corrected chi connectivity index (χ3v) is 3.98. The Morgan fingerprint density at radius 2 is 1.83 bits per heavy atom. The molecule has 2 heterocycles. The Hall–Kier alpha value is -3.43. The van der Waals surface area contributed by atoms with Crippen LogP contribution in [0.5, 0.6) is 0 Å². The van der Waals surface area contributed by atoms with Crippen LogP contribution in [0.1, 0.15) is 29.6 Å². The Morgan fingerprint density at radius 3 is 2.43 bits per heavy atom. The van der Waals surface area contributed by atoms with Gasteiger partial charge in [0, 0.05) is 19.2 Å². The second kappa shape index (κ2) is 8.13. The van der Waals surface area contributed by atoms with Crippen LogP contribution in [-0.2, 0) is 23.4 Å². The zero-order chi connectivity index (χ0) is 21.9. The fourth-order valence-corrected chi connectivity index (χ4v) is 2.51. The minimum atomic E-state index is -4.42. The van der Waals surface area contributed by atoms with Crippen molar-refractivity contribution < 1.29 is 31.2 Å². The first-order valence-corrected chi connectivity index (χ1v) is 8.66. The van der Waals surface area contributed by atoms with E-state index in [0.29, 0.717) is 11.3 Å². The number of amides is 1. The lowest BCUT2D eigenvalue weighted by atomic mass is 10.1. The van der Waals surface area contributed by atoms with E-state index in [1.165, 1.54) is 53.5 Å². The van der Waals surface area contributed by atoms with Crippen LogP contribution >= 0.6 is 0 Å². The molecule has 0 atom stereocenters. The molecule has 3 aromatic rings. The standard InChI is InChI=1S/C20H16F5N3O2/c1-19(21,22)17-8-7-16(30-17)12-28-11-15(10-26-28)27-18(29)9-4-13-2-5-14(6-3-13)20(23,24)25/h2-11H,12H2,1H3,(H,27,29). The summed E-state index contributed by atoms with van der Waals surface area (Å²) in [5.41, 5.74) is 0.00251. The van der Waals surface area contributed by atoms with Crippen LogP contribution in [-0.4, -0.2) is 15.7 Å². The normalized spacial score (nSPS) is 12.5. The molecule has 0 bridgehead atoms. The second-order valence-corrected chi connectivity index (χ2v) is 6.52. The summed E-state index contributed by atoms with van der Waals surface area (Å²) in [5, 5.41) is 6.55. The molecule has 0 saturated heterocycles. The molecule has 2 aromatic heterocycles. The van der Waals surface area contributed by atoms with Gasteiger partial charge in [-0.15, -0.1) is 0 Å². The number of hydrogen-bond donors (Lipinski definition) is 1. The number of halogens is 5. The molecule has 0 fully saturated rings. The van der Waals surface area contributed by atoms with Crippen LogP contribution in [0.4, 0.5) is 27.6 Å². The molecule has 3 rings (SSSR count). The van der Waals surface area contributed by atoms with Crippen molar-refractivity contribution in [1.82, 2.24) is 9.78 Å². The Morgan fingerprint density at radius 1 is 1.13 bits per heavy atom. The number of hydrogen-bond acceptors (Lipinski definition) is 3. The minimum absolute atomic E-state index is 0.0906. The SMILES string of the molecule is CC(F)(F)c1ccc(Cn2cc(NC(=O)C=Cc3ccc(C(F)(F)F)cc3)cn2)o1. The van der Waals surface area contributed by atoms with Crippen LogP contribution in [0.15, 0.2) is 59.3 Å². The molecule has 0 aliphatic carbocycles. The van der Waals surface area contributed by atoms with Crippen LogP contribution in [0.3, 0.4) is 0 Å². The highest BCUT2D eigenvalue weighted by atomic mass is 19.4. The number of benzene rings is 1. The van der Waals surface area contributed by atoms with Crippen LogP contribution in [0, 0.1) is 0 Å². The van der Waals surface area contributed by atoms with Crippen molar-refractivity contribution in [2.75, 3.05) is 5.32 Å². The molecule has 10 heteroatoms. The number of carbonyl (C=O) groups is 1. The molecule has 5 nitrogen and oxygen atoms in total. The molecule has 1 amide bonds. The average Bonchev–Trinajstić information content (AvgIpc) is 3.29. The number of aromatic nitrogens is 2. The molecule has 0 unspecified atom stereocenters. The fraction of sp³-hybridized carbons (Fsp3) is 0.200. The number of alkyl halides is 5. The van der Waals surface area contributed by atoms with Gasteiger partial charge in [-0.25, -0.2) is 0 Å². The summed E-state index contributed by atoms with van der Waals surface area (Å²) in [7, 11) is 0. The van der Waals surface area contributed by atoms with Crippen LogP contribution in [0.25, 0.3) is 6.08 Å². The van der Waals surface area contributed by atoms with Gasteiger partial charge in [-0.1, -0.05) is 12.1 Å². The molecular weight excluding hydrogens is 409 g/mol. The molecule has 0 aliphatic rings. The van der Waals surface area contributed by atoms with Crippen molar-refractivity contribution >= 4 is 17.7 Å². The van der Waals surface area contributed by atoms with Crippen LogP contribution < -0.4 is 5.32 Å². The Labute approximate surface area is 167 Å². The van der Waals surface area contributed by atoms with Gasteiger partial charge >= 0.3 is 12.1 Å². The van der Waals surface area contributed by atoms with E-state index in [4.69, 9.17) is 4.42 Å². The van der Waals surface area contributed by atoms with E-state index < -0.39 is 29.3 Å². The molecule has 0 spiro atoms.